The van der Waals surface area contributed by atoms with Gasteiger partial charge in [0, 0.05) is 12.0 Å². The Morgan fingerprint density at radius 3 is 1.95 bits per heavy atom. The van der Waals surface area contributed by atoms with Gasteiger partial charge in [-0.1, -0.05) is 39.3 Å². The molecule has 10 N–H and O–H groups in total. The van der Waals surface area contributed by atoms with Crippen molar-refractivity contribution < 1.29 is 70.0 Å². The van der Waals surface area contributed by atoms with Gasteiger partial charge < -0.3 is 70.0 Å². The number of aliphatic hydroxyl groups is 10. The maximum absolute atomic E-state index is 12.2. The largest absolute Gasteiger partial charge is 0.396 e. The highest BCUT2D eigenvalue weighted by atomic mass is 16.8. The van der Waals surface area contributed by atoms with E-state index in [4.69, 9.17) is 18.9 Å². The molecule has 2 heterocycles. The predicted octanol–water partition coefficient (Wildman–Crippen LogP) is 1.12. The standard InChI is InChI=1S/C42H72O14/c1-21(2)9-8-13-41(7,52)22-10-14-40(6)29(22)23(46)17-27-39(40,5)15-11-26-38(3,4)28(12-16-42(26,27)20-45)55-37-35(33(50)31(48)25(19-44)54-37)56-36-34(51)32(49)30(47)24(18-43)53-36/h9,22-37,43-52H,8,10-20H2,1-7H3/t22?,23?,24-,25-,26?,27?,28?,29?,30-,31-,32+,33+,34-,35-,36+,37+,39?,40?,41+,42?/m1/s1. The molecule has 6 rings (SSSR count). The van der Waals surface area contributed by atoms with Crippen LogP contribution >= 0.6 is 0 Å². The van der Waals surface area contributed by atoms with Crippen molar-refractivity contribution in [2.45, 2.75) is 185 Å². The molecule has 20 atom stereocenters. The summed E-state index contributed by atoms with van der Waals surface area (Å²) in [4.78, 5) is 0. The first-order valence-electron chi connectivity index (χ1n) is 21.0. The molecule has 0 aromatic rings. The molecule has 4 saturated carbocycles. The quantitative estimate of drug-likeness (QED) is 0.104. The zero-order chi connectivity index (χ0) is 41.3. The van der Waals surface area contributed by atoms with Crippen molar-refractivity contribution in [1.82, 2.24) is 0 Å². The van der Waals surface area contributed by atoms with Gasteiger partial charge in [-0.3, -0.25) is 0 Å². The molecular weight excluding hydrogens is 728 g/mol. The van der Waals surface area contributed by atoms with Gasteiger partial charge in [-0.2, -0.15) is 0 Å². The Kier molecular flexibility index (Phi) is 13.0. The number of hydrogen-bond acceptors (Lipinski definition) is 14. The maximum Gasteiger partial charge on any atom is 0.187 e. The number of hydrogen-bond donors (Lipinski definition) is 10. The SMILES string of the molecule is CC(C)=CCC[C@](C)(O)C1CCC2(C)C1C(O)CC1C3(CO)CCC(O[C@@H]4O[C@H](CO)[C@@H](O)[C@H](O)[C@H]4O[C@@H]4O[C@H](CO)[C@@H](O)[C@H](O)[C@H]4O)C(C)(C)C3CCC12C. The van der Waals surface area contributed by atoms with E-state index in [2.05, 4.69) is 47.6 Å². The minimum atomic E-state index is -1.78. The number of rotatable bonds is 11. The zero-order valence-electron chi connectivity index (χ0n) is 34.4. The van der Waals surface area contributed by atoms with Crippen LogP contribution in [0.2, 0.25) is 0 Å². The van der Waals surface area contributed by atoms with Crippen molar-refractivity contribution in [2.75, 3.05) is 19.8 Å². The number of allylic oxidation sites excluding steroid dienone is 2. The van der Waals surface area contributed by atoms with Crippen LogP contribution in [0.25, 0.3) is 0 Å². The zero-order valence-corrected chi connectivity index (χ0v) is 34.4. The molecule has 324 valence electrons. The monoisotopic (exact) mass is 800 g/mol. The van der Waals surface area contributed by atoms with Crippen LogP contribution < -0.4 is 0 Å². The maximum atomic E-state index is 12.2. The second-order valence-corrected chi connectivity index (χ2v) is 20.0. The summed E-state index contributed by atoms with van der Waals surface area (Å²) in [5.41, 5.74) is -1.31. The molecule has 9 unspecified atom stereocenters. The lowest BCUT2D eigenvalue weighted by molar-refractivity contribution is -0.379. The molecule has 56 heavy (non-hydrogen) atoms. The molecular formula is C42H72O14. The first kappa shape index (κ1) is 44.7. The Balaban J connectivity index is 1.25. The van der Waals surface area contributed by atoms with E-state index < -0.39 is 103 Å². The Bertz CT molecular complexity index is 1390. The van der Waals surface area contributed by atoms with Crippen molar-refractivity contribution >= 4 is 0 Å². The van der Waals surface area contributed by atoms with Crippen LogP contribution in [0.1, 0.15) is 106 Å². The number of fused-ring (bicyclic) bond motifs is 5. The summed E-state index contributed by atoms with van der Waals surface area (Å²) in [6, 6.07) is 0. The molecule has 0 amide bonds. The second kappa shape index (κ2) is 16.2. The molecule has 0 aromatic carbocycles. The Hall–Kier alpha value is -0.820. The molecule has 2 aliphatic heterocycles. The van der Waals surface area contributed by atoms with Crippen LogP contribution in [0.5, 0.6) is 0 Å². The summed E-state index contributed by atoms with van der Waals surface area (Å²) in [6.45, 7) is 13.5. The molecule has 6 aliphatic rings. The average Bonchev–Trinajstić information content (AvgIpc) is 3.53. The minimum Gasteiger partial charge on any atom is -0.396 e. The third kappa shape index (κ3) is 7.16. The number of ether oxygens (including phenoxy) is 4. The van der Waals surface area contributed by atoms with E-state index in [1.165, 1.54) is 5.57 Å². The molecule has 0 radical (unpaired) electrons. The third-order valence-electron chi connectivity index (χ3n) is 16.6. The second-order valence-electron chi connectivity index (χ2n) is 20.0. The first-order chi connectivity index (χ1) is 26.1. The summed E-state index contributed by atoms with van der Waals surface area (Å²) >= 11 is 0. The minimum absolute atomic E-state index is 0.00599. The molecule has 4 aliphatic carbocycles. The van der Waals surface area contributed by atoms with Crippen LogP contribution in [0, 0.1) is 45.3 Å². The van der Waals surface area contributed by atoms with Crippen molar-refractivity contribution in [3.8, 4) is 0 Å². The van der Waals surface area contributed by atoms with Crippen LogP contribution in [0.4, 0.5) is 0 Å². The van der Waals surface area contributed by atoms with E-state index in [1.807, 2.05) is 6.92 Å². The predicted molar refractivity (Wildman–Crippen MR) is 202 cm³/mol. The Morgan fingerprint density at radius 2 is 1.34 bits per heavy atom. The van der Waals surface area contributed by atoms with Crippen LogP contribution in [-0.4, -0.2) is 150 Å². The van der Waals surface area contributed by atoms with Crippen LogP contribution in [-0.2, 0) is 18.9 Å². The first-order valence-corrected chi connectivity index (χ1v) is 21.0. The van der Waals surface area contributed by atoms with E-state index in [0.717, 1.165) is 32.1 Å². The van der Waals surface area contributed by atoms with Crippen molar-refractivity contribution in [3.05, 3.63) is 11.6 Å². The van der Waals surface area contributed by atoms with Gasteiger partial charge in [0.1, 0.15) is 48.8 Å². The molecule has 14 nitrogen and oxygen atoms in total. The summed E-state index contributed by atoms with van der Waals surface area (Å²) < 4.78 is 24.3. The van der Waals surface area contributed by atoms with Gasteiger partial charge in [0.2, 0.25) is 0 Å². The lowest BCUT2D eigenvalue weighted by Gasteiger charge is -2.71. The normalized spacial score (nSPS) is 51.3. The summed E-state index contributed by atoms with van der Waals surface area (Å²) in [5, 5.41) is 109. The lowest BCUT2D eigenvalue weighted by atomic mass is 9.34. The summed E-state index contributed by atoms with van der Waals surface area (Å²) in [7, 11) is 0. The van der Waals surface area contributed by atoms with Crippen LogP contribution in [0.15, 0.2) is 11.6 Å². The van der Waals surface area contributed by atoms with Crippen molar-refractivity contribution in [2.24, 2.45) is 45.3 Å². The topological polar surface area (TPSA) is 239 Å². The molecule has 14 heteroatoms. The van der Waals surface area contributed by atoms with E-state index in [-0.39, 0.29) is 41.1 Å². The van der Waals surface area contributed by atoms with Gasteiger partial charge >= 0.3 is 0 Å². The lowest BCUT2D eigenvalue weighted by Crippen LogP contribution is -2.69. The highest BCUT2D eigenvalue weighted by Crippen LogP contribution is 2.76. The van der Waals surface area contributed by atoms with Gasteiger partial charge in [0.25, 0.3) is 0 Å². The van der Waals surface area contributed by atoms with E-state index in [9.17, 15) is 51.1 Å². The van der Waals surface area contributed by atoms with Crippen LogP contribution in [0.3, 0.4) is 0 Å². The average molecular weight is 801 g/mol. The van der Waals surface area contributed by atoms with Crippen molar-refractivity contribution in [1.29, 1.82) is 0 Å². The highest BCUT2D eigenvalue weighted by Gasteiger charge is 2.72. The van der Waals surface area contributed by atoms with Gasteiger partial charge in [-0.05, 0) is 118 Å². The van der Waals surface area contributed by atoms with E-state index >= 15 is 0 Å². The van der Waals surface area contributed by atoms with Gasteiger partial charge in [-0.25, -0.2) is 0 Å². The molecule has 0 spiro atoms. The molecule has 0 bridgehead atoms. The molecule has 6 fully saturated rings. The van der Waals surface area contributed by atoms with E-state index in [0.29, 0.717) is 25.7 Å². The van der Waals surface area contributed by atoms with E-state index in [1.54, 1.807) is 0 Å². The molecule has 0 aromatic heterocycles. The summed E-state index contributed by atoms with van der Waals surface area (Å²) in [6.07, 6.45) is -8.07. The fourth-order valence-electron chi connectivity index (χ4n) is 13.3. The fraction of sp³-hybridized carbons (Fsp3) is 0.952. The smallest absolute Gasteiger partial charge is 0.187 e. The fourth-order valence-corrected chi connectivity index (χ4v) is 13.3. The van der Waals surface area contributed by atoms with Gasteiger partial charge in [0.15, 0.2) is 12.6 Å². The Morgan fingerprint density at radius 1 is 0.732 bits per heavy atom. The molecule has 2 saturated heterocycles. The Labute approximate surface area is 331 Å². The van der Waals surface area contributed by atoms with Gasteiger partial charge in [-0.15, -0.1) is 0 Å². The van der Waals surface area contributed by atoms with Gasteiger partial charge in [0.05, 0.1) is 31.0 Å². The van der Waals surface area contributed by atoms with Crippen molar-refractivity contribution in [3.63, 3.8) is 0 Å². The number of aliphatic hydroxyl groups excluding tert-OH is 9. The summed E-state index contributed by atoms with van der Waals surface area (Å²) in [5.74, 6) is -0.171. The highest BCUT2D eigenvalue weighted by molar-refractivity contribution is 5.21. The third-order valence-corrected chi connectivity index (χ3v) is 16.6.